The van der Waals surface area contributed by atoms with E-state index in [0.717, 1.165) is 28.0 Å². The minimum Gasteiger partial charge on any atom is -0.399 e. The Bertz CT molecular complexity index is 900. The highest BCUT2D eigenvalue weighted by Gasteiger charge is 2.52. The molecule has 4 rings (SSSR count). The lowest BCUT2D eigenvalue weighted by Gasteiger charge is -2.32. The van der Waals surface area contributed by atoms with Gasteiger partial charge in [0.05, 0.1) is 16.9 Å². The third kappa shape index (κ3) is 3.65. The van der Waals surface area contributed by atoms with Gasteiger partial charge in [0.1, 0.15) is 12.0 Å². The fourth-order valence-electron chi connectivity index (χ4n) is 3.72. The van der Waals surface area contributed by atoms with Crippen molar-refractivity contribution in [1.82, 2.24) is 10.1 Å². The summed E-state index contributed by atoms with van der Waals surface area (Å²) in [6, 6.07) is 8.07. The first-order valence-corrected chi connectivity index (χ1v) is 10.2. The Morgan fingerprint density at radius 1 is 1.14 bits per heavy atom. The molecule has 1 saturated heterocycles. The van der Waals surface area contributed by atoms with Crippen molar-refractivity contribution in [3.63, 3.8) is 0 Å². The molecule has 3 heterocycles. The van der Waals surface area contributed by atoms with E-state index in [1.165, 1.54) is 0 Å². The van der Waals surface area contributed by atoms with Crippen molar-refractivity contribution in [2.24, 2.45) is 0 Å². The highest BCUT2D eigenvalue weighted by atomic mass is 16.7. The van der Waals surface area contributed by atoms with Gasteiger partial charge in [-0.05, 0) is 44.3 Å². The molecule has 1 aromatic carbocycles. The lowest BCUT2D eigenvalue weighted by Crippen LogP contribution is -2.41. The first-order valence-electron chi connectivity index (χ1n) is 10.2. The molecule has 2 aliphatic rings. The van der Waals surface area contributed by atoms with Gasteiger partial charge in [-0.3, -0.25) is 4.90 Å². The normalized spacial score (nSPS) is 23.6. The van der Waals surface area contributed by atoms with Gasteiger partial charge in [0.25, 0.3) is 0 Å². The predicted molar refractivity (Wildman–Crippen MR) is 112 cm³/mol. The molecule has 2 aromatic rings. The van der Waals surface area contributed by atoms with Crippen LogP contribution in [0, 0.1) is 0 Å². The van der Waals surface area contributed by atoms with Crippen LogP contribution in [0.15, 0.2) is 28.8 Å². The maximum absolute atomic E-state index is 10.9. The van der Waals surface area contributed by atoms with E-state index in [4.69, 9.17) is 13.8 Å². The van der Waals surface area contributed by atoms with Gasteiger partial charge in [0.2, 0.25) is 0 Å². The van der Waals surface area contributed by atoms with Crippen molar-refractivity contribution in [3.05, 3.63) is 46.8 Å². The Hall–Kier alpha value is -1.67. The summed E-state index contributed by atoms with van der Waals surface area (Å²) in [7, 11) is -0.434. The van der Waals surface area contributed by atoms with Gasteiger partial charge in [0, 0.05) is 24.6 Å². The molecular formula is C22H31BN2O4. The highest BCUT2D eigenvalue weighted by Crippen LogP contribution is 2.38. The predicted octanol–water partition coefficient (Wildman–Crippen LogP) is 3.28. The van der Waals surface area contributed by atoms with E-state index in [1.54, 1.807) is 0 Å². The molecule has 1 atom stereocenters. The molecule has 7 heteroatoms. The van der Waals surface area contributed by atoms with Crippen LogP contribution in [0.1, 0.15) is 77.3 Å². The van der Waals surface area contributed by atoms with Gasteiger partial charge in [-0.25, -0.2) is 0 Å². The quantitative estimate of drug-likeness (QED) is 0.801. The standard InChI is InChI=1S/C22H31BN2O4/c1-20(2,3)18-11-16(24-27-18)13-25-12-14-8-9-15(10-17(14)19(25)26)23-28-21(4,5)22(6,7)29-23/h8-11,19,26H,12-13H2,1-7H3. The van der Waals surface area contributed by atoms with E-state index in [9.17, 15) is 5.11 Å². The maximum Gasteiger partial charge on any atom is 0.494 e. The van der Waals surface area contributed by atoms with E-state index >= 15 is 0 Å². The molecule has 0 spiro atoms. The van der Waals surface area contributed by atoms with Crippen molar-refractivity contribution >= 4 is 12.6 Å². The molecule has 1 unspecified atom stereocenters. The minimum absolute atomic E-state index is 0.0877. The second kappa shape index (κ2) is 6.67. The van der Waals surface area contributed by atoms with Gasteiger partial charge >= 0.3 is 7.12 Å². The van der Waals surface area contributed by atoms with E-state index < -0.39 is 13.3 Å². The van der Waals surface area contributed by atoms with Gasteiger partial charge in [-0.2, -0.15) is 0 Å². The van der Waals surface area contributed by atoms with Crippen LogP contribution in [0.2, 0.25) is 0 Å². The topological polar surface area (TPSA) is 68.0 Å². The van der Waals surface area contributed by atoms with Crippen LogP contribution < -0.4 is 5.46 Å². The fourth-order valence-corrected chi connectivity index (χ4v) is 3.72. The monoisotopic (exact) mass is 398 g/mol. The molecule has 1 fully saturated rings. The third-order valence-corrected chi connectivity index (χ3v) is 6.36. The SMILES string of the molecule is CC(C)(C)c1cc(CN2Cc3ccc(B4OC(C)(C)C(C)(C)O4)cc3C2O)no1. The first-order chi connectivity index (χ1) is 13.4. The number of aromatic nitrogens is 1. The molecule has 0 saturated carbocycles. The second-order valence-corrected chi connectivity index (χ2v) is 10.3. The zero-order chi connectivity index (χ0) is 21.2. The van der Waals surface area contributed by atoms with E-state index in [-0.39, 0.29) is 16.6 Å². The van der Waals surface area contributed by atoms with Crippen LogP contribution in [0.3, 0.4) is 0 Å². The van der Waals surface area contributed by atoms with Crippen molar-refractivity contribution in [2.75, 3.05) is 0 Å². The molecule has 0 aliphatic carbocycles. The number of aliphatic hydroxyl groups is 1. The Morgan fingerprint density at radius 2 is 1.79 bits per heavy atom. The smallest absolute Gasteiger partial charge is 0.399 e. The minimum atomic E-state index is -0.692. The summed E-state index contributed by atoms with van der Waals surface area (Å²) in [4.78, 5) is 1.99. The zero-order valence-corrected chi connectivity index (χ0v) is 18.4. The average Bonchev–Trinajstić information content (AvgIpc) is 3.24. The van der Waals surface area contributed by atoms with Crippen molar-refractivity contribution in [3.8, 4) is 0 Å². The van der Waals surface area contributed by atoms with Crippen LogP contribution in [0.4, 0.5) is 0 Å². The molecule has 6 nitrogen and oxygen atoms in total. The van der Waals surface area contributed by atoms with Crippen LogP contribution in [0.25, 0.3) is 0 Å². The van der Waals surface area contributed by atoms with E-state index in [1.807, 2.05) is 50.8 Å². The molecule has 2 aliphatic heterocycles. The molecule has 29 heavy (non-hydrogen) atoms. The Morgan fingerprint density at radius 3 is 2.38 bits per heavy atom. The summed E-state index contributed by atoms with van der Waals surface area (Å²) in [6.07, 6.45) is -0.692. The van der Waals surface area contributed by atoms with Gasteiger partial charge in [0.15, 0.2) is 0 Å². The third-order valence-electron chi connectivity index (χ3n) is 6.36. The second-order valence-electron chi connectivity index (χ2n) is 10.3. The Labute approximate surface area is 173 Å². The molecule has 0 radical (unpaired) electrons. The van der Waals surface area contributed by atoms with E-state index in [2.05, 4.69) is 32.0 Å². The molecule has 0 amide bonds. The largest absolute Gasteiger partial charge is 0.494 e. The summed E-state index contributed by atoms with van der Waals surface area (Å²) < 4.78 is 17.8. The fraction of sp³-hybridized carbons (Fsp3) is 0.591. The lowest BCUT2D eigenvalue weighted by atomic mass is 9.78. The number of fused-ring (bicyclic) bond motifs is 1. The molecular weight excluding hydrogens is 367 g/mol. The summed E-state index contributed by atoms with van der Waals surface area (Å²) in [5.74, 6) is 0.849. The highest BCUT2D eigenvalue weighted by molar-refractivity contribution is 6.62. The summed E-state index contributed by atoms with van der Waals surface area (Å²) >= 11 is 0. The van der Waals surface area contributed by atoms with Crippen LogP contribution in [0.5, 0.6) is 0 Å². The average molecular weight is 398 g/mol. The maximum atomic E-state index is 10.9. The number of hydrogen-bond acceptors (Lipinski definition) is 6. The van der Waals surface area contributed by atoms with Crippen molar-refractivity contribution in [2.45, 2.75) is 84.4 Å². The molecule has 0 bridgehead atoms. The zero-order valence-electron chi connectivity index (χ0n) is 18.4. The summed E-state index contributed by atoms with van der Waals surface area (Å²) in [5.41, 5.74) is 2.90. The lowest BCUT2D eigenvalue weighted by molar-refractivity contribution is 0.00578. The van der Waals surface area contributed by atoms with Gasteiger partial charge in [-0.15, -0.1) is 0 Å². The number of aliphatic hydroxyl groups excluding tert-OH is 1. The van der Waals surface area contributed by atoms with Gasteiger partial charge < -0.3 is 18.9 Å². The van der Waals surface area contributed by atoms with Crippen LogP contribution >= 0.6 is 0 Å². The number of benzene rings is 1. The summed E-state index contributed by atoms with van der Waals surface area (Å²) in [5, 5.41) is 15.1. The number of rotatable bonds is 3. The van der Waals surface area contributed by atoms with Crippen molar-refractivity contribution < 1.29 is 18.9 Å². The molecule has 1 N–H and O–H groups in total. The molecule has 156 valence electrons. The van der Waals surface area contributed by atoms with Gasteiger partial charge in [-0.1, -0.05) is 44.1 Å². The van der Waals surface area contributed by atoms with Crippen LogP contribution in [-0.2, 0) is 27.8 Å². The summed E-state index contributed by atoms with van der Waals surface area (Å²) in [6.45, 7) is 15.6. The Balaban J connectivity index is 1.51. The number of nitrogens with zero attached hydrogens (tertiary/aromatic N) is 2. The van der Waals surface area contributed by atoms with E-state index in [0.29, 0.717) is 13.1 Å². The van der Waals surface area contributed by atoms with Crippen molar-refractivity contribution in [1.29, 1.82) is 0 Å². The molecule has 1 aromatic heterocycles. The first kappa shape index (κ1) is 20.6. The number of hydrogen-bond donors (Lipinski definition) is 1. The Kier molecular flexibility index (Phi) is 4.74. The van der Waals surface area contributed by atoms with Crippen LogP contribution in [-0.4, -0.2) is 33.5 Å².